The van der Waals surface area contributed by atoms with Gasteiger partial charge in [-0.1, -0.05) is 24.3 Å². The molecule has 0 aromatic heterocycles. The zero-order valence-corrected chi connectivity index (χ0v) is 9.40. The molecule has 0 aliphatic carbocycles. The van der Waals surface area contributed by atoms with Gasteiger partial charge in [-0.25, -0.2) is 0 Å². The van der Waals surface area contributed by atoms with Crippen molar-refractivity contribution >= 4 is 5.97 Å². The summed E-state index contributed by atoms with van der Waals surface area (Å²) >= 11 is 0. The number of hydrogen-bond acceptors (Lipinski definition) is 3. The van der Waals surface area contributed by atoms with Gasteiger partial charge in [-0.2, -0.15) is 0 Å². The predicted octanol–water partition coefficient (Wildman–Crippen LogP) is 0.438. The molecule has 0 spiro atoms. The quantitative estimate of drug-likeness (QED) is 0.783. The number of nitrogens with one attached hydrogen (secondary N) is 1. The van der Waals surface area contributed by atoms with E-state index in [1.807, 2.05) is 31.2 Å². The van der Waals surface area contributed by atoms with E-state index < -0.39 is 11.9 Å². The number of rotatable bonds is 2. The second kappa shape index (κ2) is 4.66. The van der Waals surface area contributed by atoms with E-state index in [0.717, 1.165) is 18.5 Å². The number of aliphatic carboxylic acids is 1. The molecule has 3 nitrogen and oxygen atoms in total. The van der Waals surface area contributed by atoms with Crippen LogP contribution in [0, 0.1) is 12.8 Å². The van der Waals surface area contributed by atoms with Gasteiger partial charge in [0, 0.05) is 18.4 Å². The predicted molar refractivity (Wildman–Crippen MR) is 59.9 cm³/mol. The van der Waals surface area contributed by atoms with Crippen LogP contribution in [-0.2, 0) is 4.79 Å². The van der Waals surface area contributed by atoms with Gasteiger partial charge in [0.25, 0.3) is 0 Å². The molecule has 0 amide bonds. The maximum Gasteiger partial charge on any atom is 0.0464 e. The molecule has 3 heteroatoms. The van der Waals surface area contributed by atoms with Crippen LogP contribution in [0.5, 0.6) is 0 Å². The molecule has 16 heavy (non-hydrogen) atoms. The first kappa shape index (κ1) is 11.1. The van der Waals surface area contributed by atoms with Crippen molar-refractivity contribution in [2.75, 3.05) is 13.1 Å². The molecule has 0 radical (unpaired) electrons. The highest BCUT2D eigenvalue weighted by Crippen LogP contribution is 2.31. The minimum absolute atomic E-state index is 0.0902. The topological polar surface area (TPSA) is 52.2 Å². The number of carboxylic acids is 1. The fourth-order valence-corrected chi connectivity index (χ4v) is 2.48. The lowest BCUT2D eigenvalue weighted by Gasteiger charge is -2.34. The zero-order chi connectivity index (χ0) is 11.5. The third kappa shape index (κ3) is 2.09. The fourth-order valence-electron chi connectivity index (χ4n) is 2.48. The van der Waals surface area contributed by atoms with Gasteiger partial charge in [-0.3, -0.25) is 0 Å². The van der Waals surface area contributed by atoms with Gasteiger partial charge < -0.3 is 15.2 Å². The second-order valence-corrected chi connectivity index (χ2v) is 4.38. The van der Waals surface area contributed by atoms with Crippen molar-refractivity contribution in [1.82, 2.24) is 5.32 Å². The first-order valence-corrected chi connectivity index (χ1v) is 5.67. The number of aryl methyl sites for hydroxylation is 1. The van der Waals surface area contributed by atoms with Gasteiger partial charge in [0.05, 0.1) is 0 Å². The van der Waals surface area contributed by atoms with Crippen LogP contribution >= 0.6 is 0 Å². The first-order valence-electron chi connectivity index (χ1n) is 5.67. The minimum atomic E-state index is -0.944. The standard InChI is InChI=1S/C13H17NO2/c1-9-4-2-3-5-10(9)11-6-7-14-8-12(11)13(15)16/h2-5,11-12,14H,6-8H2,1H3,(H,15,16)/p-1. The molecule has 2 rings (SSSR count). The van der Waals surface area contributed by atoms with E-state index in [1.54, 1.807) is 0 Å². The molecule has 1 aromatic carbocycles. The van der Waals surface area contributed by atoms with Gasteiger partial charge in [-0.05, 0) is 36.9 Å². The Kier molecular flexibility index (Phi) is 3.25. The van der Waals surface area contributed by atoms with E-state index >= 15 is 0 Å². The molecule has 1 N–H and O–H groups in total. The number of carbonyl (C=O) groups excluding carboxylic acids is 1. The van der Waals surface area contributed by atoms with Gasteiger partial charge in [0.1, 0.15) is 0 Å². The lowest BCUT2D eigenvalue weighted by molar-refractivity contribution is -0.312. The van der Waals surface area contributed by atoms with Gasteiger partial charge in [-0.15, -0.1) is 0 Å². The summed E-state index contributed by atoms with van der Waals surface area (Å²) in [6, 6.07) is 8.01. The van der Waals surface area contributed by atoms with Crippen molar-refractivity contribution in [1.29, 1.82) is 0 Å². The Labute approximate surface area is 95.5 Å². The van der Waals surface area contributed by atoms with Crippen LogP contribution in [0.4, 0.5) is 0 Å². The summed E-state index contributed by atoms with van der Waals surface area (Å²) in [6.45, 7) is 3.42. The number of hydrogen-bond donors (Lipinski definition) is 1. The minimum Gasteiger partial charge on any atom is -0.550 e. The first-order chi connectivity index (χ1) is 7.70. The smallest absolute Gasteiger partial charge is 0.0464 e. The number of carbonyl (C=O) groups is 1. The van der Waals surface area contributed by atoms with Crippen molar-refractivity contribution in [3.05, 3.63) is 35.4 Å². The van der Waals surface area contributed by atoms with E-state index in [0.29, 0.717) is 6.54 Å². The van der Waals surface area contributed by atoms with Gasteiger partial charge >= 0.3 is 0 Å². The fraction of sp³-hybridized carbons (Fsp3) is 0.462. The number of carboxylic acid groups (broad SMARTS) is 1. The molecule has 86 valence electrons. The molecule has 1 aliphatic rings. The SMILES string of the molecule is Cc1ccccc1C1CCNCC1C(=O)[O-]. The maximum absolute atomic E-state index is 11.1. The number of benzene rings is 1. The summed E-state index contributed by atoms with van der Waals surface area (Å²) in [6.07, 6.45) is 0.865. The molecular formula is C13H16NO2-. The normalized spacial score (nSPS) is 25.3. The van der Waals surface area contributed by atoms with Crippen LogP contribution in [0.2, 0.25) is 0 Å². The molecule has 1 aliphatic heterocycles. The maximum atomic E-state index is 11.1. The van der Waals surface area contributed by atoms with Crippen molar-refractivity contribution in [2.45, 2.75) is 19.3 Å². The Morgan fingerprint density at radius 3 is 2.88 bits per heavy atom. The molecule has 1 heterocycles. The summed E-state index contributed by atoms with van der Waals surface area (Å²) in [4.78, 5) is 11.1. The Hall–Kier alpha value is -1.35. The van der Waals surface area contributed by atoms with E-state index in [2.05, 4.69) is 5.32 Å². The van der Waals surface area contributed by atoms with E-state index in [9.17, 15) is 9.90 Å². The van der Waals surface area contributed by atoms with Crippen molar-refractivity contribution < 1.29 is 9.90 Å². The van der Waals surface area contributed by atoms with Gasteiger partial charge in [0.2, 0.25) is 0 Å². The van der Waals surface area contributed by atoms with Crippen LogP contribution in [-0.4, -0.2) is 19.1 Å². The Morgan fingerprint density at radius 1 is 1.44 bits per heavy atom. The summed E-state index contributed by atoms with van der Waals surface area (Å²) in [5.41, 5.74) is 2.32. The van der Waals surface area contributed by atoms with E-state index in [1.165, 1.54) is 5.56 Å². The summed E-state index contributed by atoms with van der Waals surface area (Å²) in [5.74, 6) is -1.26. The Morgan fingerprint density at radius 2 is 2.19 bits per heavy atom. The summed E-state index contributed by atoms with van der Waals surface area (Å²) < 4.78 is 0. The lowest BCUT2D eigenvalue weighted by Crippen LogP contribution is -2.45. The van der Waals surface area contributed by atoms with E-state index in [-0.39, 0.29) is 5.92 Å². The van der Waals surface area contributed by atoms with Crippen LogP contribution in [0.3, 0.4) is 0 Å². The Bertz CT molecular complexity index is 389. The third-order valence-corrected chi connectivity index (χ3v) is 3.37. The lowest BCUT2D eigenvalue weighted by atomic mass is 9.79. The van der Waals surface area contributed by atoms with Crippen molar-refractivity contribution in [2.24, 2.45) is 5.92 Å². The molecule has 1 fully saturated rings. The second-order valence-electron chi connectivity index (χ2n) is 4.38. The largest absolute Gasteiger partial charge is 0.550 e. The van der Waals surface area contributed by atoms with Crippen molar-refractivity contribution in [3.63, 3.8) is 0 Å². The van der Waals surface area contributed by atoms with Crippen LogP contribution < -0.4 is 10.4 Å². The third-order valence-electron chi connectivity index (χ3n) is 3.37. The highest BCUT2D eigenvalue weighted by atomic mass is 16.4. The molecular weight excluding hydrogens is 202 g/mol. The molecule has 0 saturated carbocycles. The average Bonchev–Trinajstić information content (AvgIpc) is 2.29. The molecule has 0 bridgehead atoms. The van der Waals surface area contributed by atoms with Gasteiger partial charge in [0.15, 0.2) is 0 Å². The Balaban J connectivity index is 2.30. The van der Waals surface area contributed by atoms with Crippen molar-refractivity contribution in [3.8, 4) is 0 Å². The highest BCUT2D eigenvalue weighted by molar-refractivity contribution is 5.70. The molecule has 2 atom stereocenters. The molecule has 2 unspecified atom stereocenters. The van der Waals surface area contributed by atoms with E-state index in [4.69, 9.17) is 0 Å². The monoisotopic (exact) mass is 218 g/mol. The average molecular weight is 218 g/mol. The molecule has 1 aromatic rings. The molecule has 1 saturated heterocycles. The highest BCUT2D eigenvalue weighted by Gasteiger charge is 2.27. The van der Waals surface area contributed by atoms with Crippen LogP contribution in [0.15, 0.2) is 24.3 Å². The zero-order valence-electron chi connectivity index (χ0n) is 9.40. The van der Waals surface area contributed by atoms with Crippen LogP contribution in [0.25, 0.3) is 0 Å². The number of piperidine rings is 1. The summed E-state index contributed by atoms with van der Waals surface area (Å²) in [5, 5.41) is 14.2. The van der Waals surface area contributed by atoms with Crippen LogP contribution in [0.1, 0.15) is 23.5 Å². The summed E-state index contributed by atoms with van der Waals surface area (Å²) in [7, 11) is 0.